The maximum absolute atomic E-state index is 13.2. The maximum atomic E-state index is 13.2. The number of halogens is 1. The summed E-state index contributed by atoms with van der Waals surface area (Å²) in [6.45, 7) is 0.0739. The summed E-state index contributed by atoms with van der Waals surface area (Å²) in [5.41, 5.74) is 0.544. The number of para-hydroxylation sites is 1. The third kappa shape index (κ3) is 5.67. The van der Waals surface area contributed by atoms with Crippen molar-refractivity contribution in [2.24, 2.45) is 0 Å². The molecular weight excluding hydrogens is 405 g/mol. The van der Waals surface area contributed by atoms with Gasteiger partial charge in [0.05, 0.1) is 17.9 Å². The van der Waals surface area contributed by atoms with Crippen LogP contribution in [0.25, 0.3) is 0 Å². The van der Waals surface area contributed by atoms with Crippen LogP contribution in [0, 0.1) is 5.82 Å². The van der Waals surface area contributed by atoms with Gasteiger partial charge in [0, 0.05) is 6.54 Å². The highest BCUT2D eigenvalue weighted by Gasteiger charge is 2.29. The van der Waals surface area contributed by atoms with Crippen molar-refractivity contribution in [1.29, 1.82) is 0 Å². The van der Waals surface area contributed by atoms with Gasteiger partial charge in [-0.2, -0.15) is 0 Å². The van der Waals surface area contributed by atoms with Crippen molar-refractivity contribution in [3.05, 3.63) is 96.3 Å². The molecular formula is C23H22FNO4S. The van der Waals surface area contributed by atoms with E-state index in [2.05, 4.69) is 5.32 Å². The van der Waals surface area contributed by atoms with Crippen LogP contribution in [0.5, 0.6) is 5.75 Å². The zero-order chi connectivity index (χ0) is 21.4. The van der Waals surface area contributed by atoms with Gasteiger partial charge in [0.15, 0.2) is 9.84 Å². The summed E-state index contributed by atoms with van der Waals surface area (Å²) in [4.78, 5) is 12.2. The molecule has 3 aromatic carbocycles. The van der Waals surface area contributed by atoms with Crippen LogP contribution in [0.2, 0.25) is 0 Å². The van der Waals surface area contributed by atoms with Crippen molar-refractivity contribution in [2.45, 2.75) is 16.6 Å². The minimum absolute atomic E-state index is 0.000544. The van der Waals surface area contributed by atoms with E-state index in [0.717, 1.165) is 12.1 Å². The zero-order valence-corrected chi connectivity index (χ0v) is 17.0. The van der Waals surface area contributed by atoms with Gasteiger partial charge in [-0.05, 0) is 42.0 Å². The molecule has 0 fully saturated rings. The first-order chi connectivity index (χ1) is 14.5. The lowest BCUT2D eigenvalue weighted by Gasteiger charge is -2.19. The van der Waals surface area contributed by atoms with Gasteiger partial charge in [0.1, 0.15) is 16.8 Å². The first kappa shape index (κ1) is 21.5. The number of nitrogens with one attached hydrogen (secondary N) is 1. The fourth-order valence-corrected chi connectivity index (χ4v) is 4.60. The van der Waals surface area contributed by atoms with Crippen LogP contribution in [-0.2, 0) is 14.6 Å². The average Bonchev–Trinajstić information content (AvgIpc) is 2.75. The summed E-state index contributed by atoms with van der Waals surface area (Å²) in [5, 5.41) is 1.69. The molecule has 0 aliphatic heterocycles. The van der Waals surface area contributed by atoms with E-state index in [0.29, 0.717) is 11.3 Å². The Morgan fingerprint density at radius 1 is 0.900 bits per heavy atom. The van der Waals surface area contributed by atoms with E-state index in [9.17, 15) is 17.6 Å². The Morgan fingerprint density at radius 3 is 2.13 bits per heavy atom. The van der Waals surface area contributed by atoms with E-state index in [-0.39, 0.29) is 30.4 Å². The molecule has 3 aromatic rings. The van der Waals surface area contributed by atoms with E-state index >= 15 is 0 Å². The quantitative estimate of drug-likeness (QED) is 0.525. The molecule has 156 valence electrons. The lowest BCUT2D eigenvalue weighted by atomic mass is 10.1. The first-order valence-corrected chi connectivity index (χ1v) is 11.0. The predicted molar refractivity (Wildman–Crippen MR) is 112 cm³/mol. The smallest absolute Gasteiger partial charge is 0.223 e. The molecule has 0 saturated carbocycles. The molecule has 0 radical (unpaired) electrons. The number of rotatable bonds is 9. The van der Waals surface area contributed by atoms with Gasteiger partial charge in [0.2, 0.25) is 5.91 Å². The molecule has 0 aromatic heterocycles. The van der Waals surface area contributed by atoms with E-state index in [1.807, 2.05) is 18.2 Å². The molecule has 1 N–H and O–H groups in total. The molecule has 1 atom stereocenters. The number of ether oxygens (including phenoxy) is 1. The topological polar surface area (TPSA) is 72.5 Å². The molecule has 0 bridgehead atoms. The minimum Gasteiger partial charge on any atom is -0.493 e. The fourth-order valence-electron chi connectivity index (χ4n) is 2.94. The fraction of sp³-hybridized carbons (Fsp3) is 0.174. The van der Waals surface area contributed by atoms with Crippen LogP contribution < -0.4 is 10.1 Å². The molecule has 0 saturated heterocycles. The molecule has 1 amide bonds. The van der Waals surface area contributed by atoms with E-state index < -0.39 is 20.9 Å². The molecule has 0 aliphatic carbocycles. The second kappa shape index (κ2) is 10.0. The van der Waals surface area contributed by atoms with Crippen molar-refractivity contribution in [2.75, 3.05) is 13.2 Å². The summed E-state index contributed by atoms with van der Waals surface area (Å²) in [7, 11) is -3.84. The molecule has 30 heavy (non-hydrogen) atoms. The molecule has 0 aliphatic rings. The zero-order valence-electron chi connectivity index (χ0n) is 16.2. The number of carbonyl (C=O) groups excluding carboxylic acids is 1. The monoisotopic (exact) mass is 427 g/mol. The predicted octanol–water partition coefficient (Wildman–Crippen LogP) is 3.93. The Labute approximate surface area is 175 Å². The molecule has 3 rings (SSSR count). The standard InChI is InChI=1S/C23H22FNO4S/c24-19-11-13-21(14-12-19)30(27,28)22(18-7-3-1-4-8-18)17-25-23(26)15-16-29-20-9-5-2-6-10-20/h1-14,22H,15-17H2,(H,25,26). The first-order valence-electron chi connectivity index (χ1n) is 9.46. The summed E-state index contributed by atoms with van der Waals surface area (Å²) >= 11 is 0. The third-order valence-electron chi connectivity index (χ3n) is 4.51. The molecule has 1 unspecified atom stereocenters. The summed E-state index contributed by atoms with van der Waals surface area (Å²) in [6.07, 6.45) is 0.0903. The maximum Gasteiger partial charge on any atom is 0.223 e. The van der Waals surface area contributed by atoms with Gasteiger partial charge >= 0.3 is 0 Å². The second-order valence-corrected chi connectivity index (χ2v) is 8.74. The molecule has 0 spiro atoms. The number of hydrogen-bond donors (Lipinski definition) is 1. The van der Waals surface area contributed by atoms with Crippen molar-refractivity contribution < 1.29 is 22.3 Å². The largest absolute Gasteiger partial charge is 0.493 e. The van der Waals surface area contributed by atoms with Crippen molar-refractivity contribution in [3.63, 3.8) is 0 Å². The average molecular weight is 427 g/mol. The Kier molecular flexibility index (Phi) is 7.19. The summed E-state index contributed by atoms with van der Waals surface area (Å²) < 4.78 is 45.0. The van der Waals surface area contributed by atoms with Gasteiger partial charge in [-0.1, -0.05) is 48.5 Å². The van der Waals surface area contributed by atoms with Crippen molar-refractivity contribution in [3.8, 4) is 5.75 Å². The second-order valence-electron chi connectivity index (χ2n) is 6.61. The highest BCUT2D eigenvalue weighted by Crippen LogP contribution is 2.28. The van der Waals surface area contributed by atoms with Gasteiger partial charge in [0.25, 0.3) is 0 Å². The van der Waals surface area contributed by atoms with Crippen LogP contribution in [0.1, 0.15) is 17.2 Å². The number of benzene rings is 3. The number of carbonyl (C=O) groups is 1. The van der Waals surface area contributed by atoms with Gasteiger partial charge in [-0.3, -0.25) is 4.79 Å². The highest BCUT2D eigenvalue weighted by molar-refractivity contribution is 7.91. The SMILES string of the molecule is O=C(CCOc1ccccc1)NCC(c1ccccc1)S(=O)(=O)c1ccc(F)cc1. The molecule has 7 heteroatoms. The highest BCUT2D eigenvalue weighted by atomic mass is 32.2. The van der Waals surface area contributed by atoms with Crippen LogP contribution >= 0.6 is 0 Å². The third-order valence-corrected chi connectivity index (χ3v) is 6.63. The Hall–Kier alpha value is -3.19. The normalized spacial score (nSPS) is 12.2. The van der Waals surface area contributed by atoms with Gasteiger partial charge in [-0.25, -0.2) is 12.8 Å². The Morgan fingerprint density at radius 2 is 1.50 bits per heavy atom. The summed E-state index contributed by atoms with van der Waals surface area (Å²) in [5.74, 6) is -0.176. The van der Waals surface area contributed by atoms with Gasteiger partial charge in [-0.15, -0.1) is 0 Å². The van der Waals surface area contributed by atoms with Crippen LogP contribution in [-0.4, -0.2) is 27.5 Å². The molecule has 5 nitrogen and oxygen atoms in total. The van der Waals surface area contributed by atoms with Crippen LogP contribution in [0.15, 0.2) is 89.8 Å². The summed E-state index contributed by atoms with van der Waals surface area (Å²) in [6, 6.07) is 22.4. The van der Waals surface area contributed by atoms with Crippen molar-refractivity contribution in [1.82, 2.24) is 5.32 Å². The van der Waals surface area contributed by atoms with E-state index in [4.69, 9.17) is 4.74 Å². The van der Waals surface area contributed by atoms with Crippen LogP contribution in [0.3, 0.4) is 0 Å². The lowest BCUT2D eigenvalue weighted by Crippen LogP contribution is -2.32. The van der Waals surface area contributed by atoms with E-state index in [1.165, 1.54) is 12.1 Å². The minimum atomic E-state index is -3.84. The molecule has 0 heterocycles. The lowest BCUT2D eigenvalue weighted by molar-refractivity contribution is -0.121. The number of sulfone groups is 1. The van der Waals surface area contributed by atoms with Gasteiger partial charge < -0.3 is 10.1 Å². The number of amides is 1. The van der Waals surface area contributed by atoms with E-state index in [1.54, 1.807) is 42.5 Å². The number of hydrogen-bond acceptors (Lipinski definition) is 4. The Bertz CT molecular complexity index is 1060. The Balaban J connectivity index is 1.67. The van der Waals surface area contributed by atoms with Crippen molar-refractivity contribution >= 4 is 15.7 Å². The van der Waals surface area contributed by atoms with Crippen LogP contribution in [0.4, 0.5) is 4.39 Å².